The van der Waals surface area contributed by atoms with Crippen LogP contribution < -0.4 is 0 Å². The first-order valence-corrected chi connectivity index (χ1v) is 3.50. The van der Waals surface area contributed by atoms with Crippen LogP contribution in [0.2, 0.25) is 0 Å². The van der Waals surface area contributed by atoms with Crippen molar-refractivity contribution in [2.45, 2.75) is 20.0 Å². The van der Waals surface area contributed by atoms with E-state index in [1.165, 1.54) is 0 Å². The van der Waals surface area contributed by atoms with E-state index in [1.807, 2.05) is 13.0 Å². The number of furan rings is 1. The van der Waals surface area contributed by atoms with Gasteiger partial charge in [0.1, 0.15) is 11.9 Å². The Morgan fingerprint density at radius 2 is 2.36 bits per heavy atom. The monoisotopic (exact) mass is 152 g/mol. The molecule has 0 amide bonds. The molecule has 0 saturated carbocycles. The van der Waals surface area contributed by atoms with Crippen LogP contribution in [-0.4, -0.2) is 5.11 Å². The van der Waals surface area contributed by atoms with Gasteiger partial charge in [-0.25, -0.2) is 0 Å². The standard InChI is InChI=1S/C9H12O2/c1-6(2)8(10)9-7(3)4-5-11-9/h4-5,8,10H,1H2,2-3H3. The highest BCUT2D eigenvalue weighted by atomic mass is 16.4. The third-order valence-electron chi connectivity index (χ3n) is 1.62. The molecule has 2 heteroatoms. The van der Waals surface area contributed by atoms with Gasteiger partial charge in [0.05, 0.1) is 6.26 Å². The van der Waals surface area contributed by atoms with Crippen molar-refractivity contribution in [3.05, 3.63) is 35.8 Å². The number of aryl methyl sites for hydroxylation is 1. The molecule has 0 saturated heterocycles. The van der Waals surface area contributed by atoms with Crippen LogP contribution in [0.4, 0.5) is 0 Å². The second kappa shape index (κ2) is 2.93. The normalized spacial score (nSPS) is 13.0. The van der Waals surface area contributed by atoms with Crippen LogP contribution >= 0.6 is 0 Å². The fraction of sp³-hybridized carbons (Fsp3) is 0.333. The third kappa shape index (κ3) is 1.52. The number of aliphatic hydroxyl groups is 1. The molecule has 2 nitrogen and oxygen atoms in total. The molecule has 0 aromatic carbocycles. The summed E-state index contributed by atoms with van der Waals surface area (Å²) < 4.78 is 5.08. The summed E-state index contributed by atoms with van der Waals surface area (Å²) in [6, 6.07) is 1.82. The quantitative estimate of drug-likeness (QED) is 0.659. The van der Waals surface area contributed by atoms with Gasteiger partial charge in [-0.2, -0.15) is 0 Å². The summed E-state index contributed by atoms with van der Waals surface area (Å²) in [6.07, 6.45) is 0.904. The summed E-state index contributed by atoms with van der Waals surface area (Å²) in [4.78, 5) is 0. The Balaban J connectivity index is 2.92. The van der Waals surface area contributed by atoms with Gasteiger partial charge in [-0.15, -0.1) is 0 Å². The fourth-order valence-electron chi connectivity index (χ4n) is 0.888. The highest BCUT2D eigenvalue weighted by Gasteiger charge is 2.13. The molecule has 0 radical (unpaired) electrons. The van der Waals surface area contributed by atoms with E-state index >= 15 is 0 Å². The lowest BCUT2D eigenvalue weighted by atomic mass is 10.1. The van der Waals surface area contributed by atoms with Crippen molar-refractivity contribution >= 4 is 0 Å². The first-order chi connectivity index (χ1) is 5.13. The van der Waals surface area contributed by atoms with Crippen molar-refractivity contribution in [3.63, 3.8) is 0 Å². The minimum atomic E-state index is -0.662. The molecule has 1 aromatic heterocycles. The molecule has 1 N–H and O–H groups in total. The van der Waals surface area contributed by atoms with Crippen molar-refractivity contribution in [3.8, 4) is 0 Å². The average Bonchev–Trinajstić information content (AvgIpc) is 2.33. The van der Waals surface area contributed by atoms with Crippen LogP contribution in [0.25, 0.3) is 0 Å². The highest BCUT2D eigenvalue weighted by molar-refractivity contribution is 5.22. The maximum atomic E-state index is 9.47. The predicted octanol–water partition coefficient (Wildman–Crippen LogP) is 2.20. The molecule has 1 rings (SSSR count). The van der Waals surface area contributed by atoms with Gasteiger partial charge in [-0.1, -0.05) is 6.58 Å². The molecular weight excluding hydrogens is 140 g/mol. The Morgan fingerprint density at radius 3 is 2.73 bits per heavy atom. The summed E-state index contributed by atoms with van der Waals surface area (Å²) >= 11 is 0. The zero-order valence-corrected chi connectivity index (χ0v) is 6.79. The molecule has 0 fully saturated rings. The van der Waals surface area contributed by atoms with E-state index in [2.05, 4.69) is 6.58 Å². The number of rotatable bonds is 2. The smallest absolute Gasteiger partial charge is 0.139 e. The SMILES string of the molecule is C=C(C)C(O)c1occc1C. The third-order valence-corrected chi connectivity index (χ3v) is 1.62. The number of hydrogen-bond acceptors (Lipinski definition) is 2. The molecule has 1 atom stereocenters. The maximum Gasteiger partial charge on any atom is 0.139 e. The molecule has 0 spiro atoms. The molecular formula is C9H12O2. The van der Waals surface area contributed by atoms with Crippen LogP contribution in [0.1, 0.15) is 24.4 Å². The van der Waals surface area contributed by atoms with Crippen LogP contribution in [0.5, 0.6) is 0 Å². The molecule has 60 valence electrons. The Kier molecular flexibility index (Phi) is 2.15. The van der Waals surface area contributed by atoms with Crippen molar-refractivity contribution in [2.75, 3.05) is 0 Å². The van der Waals surface area contributed by atoms with Crippen molar-refractivity contribution < 1.29 is 9.52 Å². The molecule has 0 bridgehead atoms. The highest BCUT2D eigenvalue weighted by Crippen LogP contribution is 2.23. The van der Waals surface area contributed by atoms with E-state index in [0.29, 0.717) is 11.3 Å². The second-order valence-electron chi connectivity index (χ2n) is 2.72. The average molecular weight is 152 g/mol. The van der Waals surface area contributed by atoms with Crippen LogP contribution in [-0.2, 0) is 0 Å². The molecule has 0 aliphatic carbocycles. The number of aliphatic hydroxyl groups excluding tert-OH is 1. The summed E-state index contributed by atoms with van der Waals surface area (Å²) in [6.45, 7) is 7.31. The van der Waals surface area contributed by atoms with Gasteiger partial charge in [0.2, 0.25) is 0 Å². The lowest BCUT2D eigenvalue weighted by Gasteiger charge is -2.06. The lowest BCUT2D eigenvalue weighted by Crippen LogP contribution is -1.97. The first-order valence-electron chi connectivity index (χ1n) is 3.50. The Hall–Kier alpha value is -1.02. The van der Waals surface area contributed by atoms with Gasteiger partial charge in [-0.05, 0) is 31.1 Å². The van der Waals surface area contributed by atoms with Gasteiger partial charge < -0.3 is 9.52 Å². The van der Waals surface area contributed by atoms with E-state index in [0.717, 1.165) is 5.56 Å². The van der Waals surface area contributed by atoms with E-state index in [4.69, 9.17) is 4.42 Å². The fourth-order valence-corrected chi connectivity index (χ4v) is 0.888. The summed E-state index contributed by atoms with van der Waals surface area (Å²) in [5, 5.41) is 9.47. The molecule has 1 unspecified atom stereocenters. The van der Waals surface area contributed by atoms with Crippen LogP contribution in [0.3, 0.4) is 0 Å². The van der Waals surface area contributed by atoms with E-state index in [-0.39, 0.29) is 0 Å². The van der Waals surface area contributed by atoms with Gasteiger partial charge in [-0.3, -0.25) is 0 Å². The Morgan fingerprint density at radius 1 is 1.73 bits per heavy atom. The van der Waals surface area contributed by atoms with E-state index in [1.54, 1.807) is 13.2 Å². The van der Waals surface area contributed by atoms with E-state index < -0.39 is 6.10 Å². The van der Waals surface area contributed by atoms with Gasteiger partial charge in [0, 0.05) is 0 Å². The van der Waals surface area contributed by atoms with Gasteiger partial charge in [0.15, 0.2) is 0 Å². The minimum Gasteiger partial charge on any atom is -0.466 e. The Bertz CT molecular complexity index is 260. The maximum absolute atomic E-state index is 9.47. The lowest BCUT2D eigenvalue weighted by molar-refractivity contribution is 0.184. The molecule has 0 aliphatic heterocycles. The largest absolute Gasteiger partial charge is 0.466 e. The minimum absolute atomic E-state index is 0.595. The first kappa shape index (κ1) is 8.08. The van der Waals surface area contributed by atoms with E-state index in [9.17, 15) is 5.11 Å². The van der Waals surface area contributed by atoms with Gasteiger partial charge >= 0.3 is 0 Å². The zero-order chi connectivity index (χ0) is 8.43. The van der Waals surface area contributed by atoms with Crippen LogP contribution in [0.15, 0.2) is 28.9 Å². The zero-order valence-electron chi connectivity index (χ0n) is 6.79. The molecule has 1 aromatic rings. The Labute approximate surface area is 66.2 Å². The van der Waals surface area contributed by atoms with Crippen molar-refractivity contribution in [2.24, 2.45) is 0 Å². The van der Waals surface area contributed by atoms with Crippen LogP contribution in [0, 0.1) is 6.92 Å². The van der Waals surface area contributed by atoms with Crippen molar-refractivity contribution in [1.29, 1.82) is 0 Å². The number of hydrogen-bond donors (Lipinski definition) is 1. The second-order valence-corrected chi connectivity index (χ2v) is 2.72. The molecule has 1 heterocycles. The van der Waals surface area contributed by atoms with Gasteiger partial charge in [0.25, 0.3) is 0 Å². The summed E-state index contributed by atoms with van der Waals surface area (Å²) in [7, 11) is 0. The topological polar surface area (TPSA) is 33.4 Å². The predicted molar refractivity (Wildman–Crippen MR) is 43.2 cm³/mol. The summed E-state index contributed by atoms with van der Waals surface area (Å²) in [5.74, 6) is 0.595. The molecule has 0 aliphatic rings. The summed E-state index contributed by atoms with van der Waals surface area (Å²) in [5.41, 5.74) is 1.66. The van der Waals surface area contributed by atoms with Crippen molar-refractivity contribution in [1.82, 2.24) is 0 Å². The molecule has 11 heavy (non-hydrogen) atoms.